The van der Waals surface area contributed by atoms with Gasteiger partial charge in [-0.3, -0.25) is 9.79 Å². The summed E-state index contributed by atoms with van der Waals surface area (Å²) in [5.41, 5.74) is 3.07. The number of para-hydroxylation sites is 1. The fourth-order valence-electron chi connectivity index (χ4n) is 3.18. The number of carbonyl (C=O) groups is 1. The van der Waals surface area contributed by atoms with E-state index in [1.165, 1.54) is 12.1 Å². The van der Waals surface area contributed by atoms with Crippen LogP contribution in [0.15, 0.2) is 53.5 Å². The molecule has 1 amide bonds. The van der Waals surface area contributed by atoms with Gasteiger partial charge in [-0.2, -0.15) is 0 Å². The lowest BCUT2D eigenvalue weighted by Gasteiger charge is -2.24. The maximum absolute atomic E-state index is 13.0. The van der Waals surface area contributed by atoms with Crippen molar-refractivity contribution in [2.45, 2.75) is 25.7 Å². The average molecular weight is 368 g/mol. The van der Waals surface area contributed by atoms with Gasteiger partial charge in [-0.25, -0.2) is 4.39 Å². The predicted octanol–water partition coefficient (Wildman–Crippen LogP) is 3.05. The Morgan fingerprint density at radius 1 is 1.19 bits per heavy atom. The van der Waals surface area contributed by atoms with Gasteiger partial charge in [0, 0.05) is 31.1 Å². The molecule has 1 atom stereocenters. The molecule has 1 heterocycles. The third kappa shape index (κ3) is 5.29. The van der Waals surface area contributed by atoms with Crippen molar-refractivity contribution in [3.8, 4) is 0 Å². The third-order valence-electron chi connectivity index (χ3n) is 4.54. The molecule has 0 saturated carbocycles. The first-order chi connectivity index (χ1) is 13.2. The van der Waals surface area contributed by atoms with Crippen LogP contribution in [0.5, 0.6) is 0 Å². The number of hydrogen-bond acceptors (Lipinski definition) is 2. The number of halogens is 1. The molecule has 0 radical (unpaired) electrons. The Bertz CT molecular complexity index is 804. The van der Waals surface area contributed by atoms with Crippen molar-refractivity contribution in [1.82, 2.24) is 10.6 Å². The van der Waals surface area contributed by atoms with Crippen LogP contribution in [0, 0.1) is 5.82 Å². The lowest BCUT2D eigenvalue weighted by atomic mass is 9.91. The van der Waals surface area contributed by atoms with Gasteiger partial charge < -0.3 is 16.0 Å². The minimum absolute atomic E-state index is 0.0307. The Morgan fingerprint density at radius 3 is 2.74 bits per heavy atom. The van der Waals surface area contributed by atoms with Crippen molar-refractivity contribution in [1.29, 1.82) is 0 Å². The number of guanidine groups is 1. The van der Waals surface area contributed by atoms with Crippen molar-refractivity contribution in [2.75, 3.05) is 25.0 Å². The van der Waals surface area contributed by atoms with Crippen molar-refractivity contribution in [2.24, 2.45) is 4.99 Å². The highest BCUT2D eigenvalue weighted by Gasteiger charge is 2.24. The molecule has 0 bridgehead atoms. The van der Waals surface area contributed by atoms with Gasteiger partial charge in [-0.15, -0.1) is 0 Å². The van der Waals surface area contributed by atoms with E-state index >= 15 is 0 Å². The van der Waals surface area contributed by atoms with E-state index in [9.17, 15) is 9.18 Å². The minimum Gasteiger partial charge on any atom is -0.357 e. The summed E-state index contributed by atoms with van der Waals surface area (Å²) in [6.07, 6.45) is 1.22. The van der Waals surface area contributed by atoms with Crippen LogP contribution >= 0.6 is 0 Å². The highest BCUT2D eigenvalue weighted by atomic mass is 19.1. The summed E-state index contributed by atoms with van der Waals surface area (Å²) in [6.45, 7) is 4.00. The fraction of sp³-hybridized carbons (Fsp3) is 0.333. The molecule has 142 valence electrons. The van der Waals surface area contributed by atoms with Crippen LogP contribution in [0.4, 0.5) is 10.1 Å². The van der Waals surface area contributed by atoms with Crippen LogP contribution in [0.3, 0.4) is 0 Å². The first-order valence-corrected chi connectivity index (χ1v) is 9.31. The zero-order valence-electron chi connectivity index (χ0n) is 15.5. The molecule has 3 N–H and O–H groups in total. The normalized spacial score (nSPS) is 16.4. The molecule has 1 aliphatic rings. The Morgan fingerprint density at radius 2 is 1.96 bits per heavy atom. The molecule has 1 unspecified atom stereocenters. The lowest BCUT2D eigenvalue weighted by Crippen LogP contribution is -2.38. The minimum atomic E-state index is -0.224. The second-order valence-corrected chi connectivity index (χ2v) is 6.56. The van der Waals surface area contributed by atoms with Crippen LogP contribution in [-0.2, 0) is 11.2 Å². The van der Waals surface area contributed by atoms with E-state index in [2.05, 4.69) is 20.9 Å². The van der Waals surface area contributed by atoms with Crippen LogP contribution in [-0.4, -0.2) is 31.5 Å². The van der Waals surface area contributed by atoms with E-state index in [1.807, 2.05) is 31.2 Å². The summed E-state index contributed by atoms with van der Waals surface area (Å²) < 4.78 is 13.0. The monoisotopic (exact) mass is 368 g/mol. The lowest BCUT2D eigenvalue weighted by molar-refractivity contribution is -0.116. The molecule has 27 heavy (non-hydrogen) atoms. The molecular formula is C21H25FN4O. The third-order valence-corrected chi connectivity index (χ3v) is 4.54. The van der Waals surface area contributed by atoms with Gasteiger partial charge in [-0.05, 0) is 42.7 Å². The van der Waals surface area contributed by atoms with Crippen molar-refractivity contribution in [3.05, 3.63) is 65.5 Å². The zero-order valence-corrected chi connectivity index (χ0v) is 15.5. The van der Waals surface area contributed by atoms with E-state index in [-0.39, 0.29) is 17.6 Å². The Labute approximate surface area is 159 Å². The van der Waals surface area contributed by atoms with E-state index in [0.717, 1.165) is 35.7 Å². The number of hydrogen-bond donors (Lipinski definition) is 3. The summed E-state index contributed by atoms with van der Waals surface area (Å²) in [6, 6.07) is 14.4. The highest BCUT2D eigenvalue weighted by molar-refractivity contribution is 5.94. The smallest absolute Gasteiger partial charge is 0.225 e. The first kappa shape index (κ1) is 18.9. The highest BCUT2D eigenvalue weighted by Crippen LogP contribution is 2.31. The largest absolute Gasteiger partial charge is 0.357 e. The van der Waals surface area contributed by atoms with Gasteiger partial charge in [0.05, 0.1) is 6.54 Å². The molecule has 3 rings (SSSR count). The number of fused-ring (bicyclic) bond motifs is 1. The number of nitrogens with zero attached hydrogens (tertiary/aromatic N) is 1. The number of aliphatic imine (C=N–C) groups is 1. The molecule has 0 aromatic heterocycles. The Kier molecular flexibility index (Phi) is 6.41. The molecule has 0 aliphatic carbocycles. The molecule has 2 aromatic rings. The van der Waals surface area contributed by atoms with E-state index in [4.69, 9.17) is 0 Å². The van der Waals surface area contributed by atoms with Crippen molar-refractivity contribution >= 4 is 17.6 Å². The molecule has 5 nitrogen and oxygen atoms in total. The predicted molar refractivity (Wildman–Crippen MR) is 107 cm³/mol. The first-order valence-electron chi connectivity index (χ1n) is 9.31. The fourth-order valence-corrected chi connectivity index (χ4v) is 3.18. The van der Waals surface area contributed by atoms with Crippen molar-refractivity contribution in [3.63, 3.8) is 0 Å². The van der Waals surface area contributed by atoms with Crippen LogP contribution in [0.25, 0.3) is 0 Å². The number of anilines is 1. The SMILES string of the molecule is CCNC(=NCC1CC(=O)Nc2ccccc21)NCCc1ccc(F)cc1. The molecular weight excluding hydrogens is 343 g/mol. The molecule has 1 aliphatic heterocycles. The summed E-state index contributed by atoms with van der Waals surface area (Å²) in [7, 11) is 0. The van der Waals surface area contributed by atoms with Gasteiger partial charge >= 0.3 is 0 Å². The zero-order chi connectivity index (χ0) is 19.1. The molecule has 0 fully saturated rings. The van der Waals surface area contributed by atoms with Crippen molar-refractivity contribution < 1.29 is 9.18 Å². The van der Waals surface area contributed by atoms with Gasteiger partial charge in [0.1, 0.15) is 5.82 Å². The molecule has 0 spiro atoms. The summed E-state index contributed by atoms with van der Waals surface area (Å²) >= 11 is 0. The van der Waals surface area contributed by atoms with Gasteiger partial charge in [0.25, 0.3) is 0 Å². The van der Waals surface area contributed by atoms with E-state index in [1.54, 1.807) is 12.1 Å². The van der Waals surface area contributed by atoms with E-state index in [0.29, 0.717) is 19.5 Å². The quantitative estimate of drug-likeness (QED) is 0.542. The molecule has 6 heteroatoms. The van der Waals surface area contributed by atoms with Gasteiger partial charge in [0.2, 0.25) is 5.91 Å². The second kappa shape index (κ2) is 9.16. The Hall–Kier alpha value is -2.89. The number of amides is 1. The standard InChI is InChI=1S/C21H25FN4O/c1-2-23-21(24-12-11-15-7-9-17(22)10-8-15)25-14-16-13-20(27)26-19-6-4-3-5-18(16)19/h3-10,16H,2,11-14H2,1H3,(H,26,27)(H2,23,24,25). The van der Waals surface area contributed by atoms with Crippen LogP contribution in [0.1, 0.15) is 30.4 Å². The summed E-state index contributed by atoms with van der Waals surface area (Å²) in [4.78, 5) is 16.6. The van der Waals surface area contributed by atoms with Crippen LogP contribution < -0.4 is 16.0 Å². The number of nitrogens with one attached hydrogen (secondary N) is 3. The number of rotatable bonds is 6. The van der Waals surface area contributed by atoms with E-state index < -0.39 is 0 Å². The maximum atomic E-state index is 13.0. The Balaban J connectivity index is 1.60. The summed E-state index contributed by atoms with van der Waals surface area (Å²) in [5.74, 6) is 0.604. The molecule has 2 aromatic carbocycles. The molecule has 0 saturated heterocycles. The topological polar surface area (TPSA) is 65.5 Å². The second-order valence-electron chi connectivity index (χ2n) is 6.56. The number of carbonyl (C=O) groups excluding carboxylic acids is 1. The van der Waals surface area contributed by atoms with Gasteiger partial charge in [-0.1, -0.05) is 30.3 Å². The van der Waals surface area contributed by atoms with Crippen LogP contribution in [0.2, 0.25) is 0 Å². The number of benzene rings is 2. The maximum Gasteiger partial charge on any atom is 0.225 e. The summed E-state index contributed by atoms with van der Waals surface area (Å²) in [5, 5.41) is 9.45. The average Bonchev–Trinajstić information content (AvgIpc) is 2.67. The van der Waals surface area contributed by atoms with Gasteiger partial charge in [0.15, 0.2) is 5.96 Å².